The average molecular weight is 649 g/mol. The van der Waals surface area contributed by atoms with Gasteiger partial charge in [-0.05, 0) is 96.4 Å². The highest BCUT2D eigenvalue weighted by atomic mass is 32.1. The minimum atomic E-state index is -0.435. The quantitative estimate of drug-likeness (QED) is 0.0998. The van der Waals surface area contributed by atoms with Gasteiger partial charge in [-0.1, -0.05) is 36.4 Å². The number of benzene rings is 3. The molecule has 2 heterocycles. The van der Waals surface area contributed by atoms with Gasteiger partial charge in [0.15, 0.2) is 0 Å². The lowest BCUT2D eigenvalue weighted by Crippen LogP contribution is -2.21. The fraction of sp³-hybridized carbons (Fsp3) is 0.0588. The first-order chi connectivity index (χ1) is 22.3. The van der Waals surface area contributed by atoms with Crippen LogP contribution in [-0.2, 0) is 0 Å². The number of nitrogens with zero attached hydrogens (tertiary/aromatic N) is 2. The van der Waals surface area contributed by atoms with Crippen molar-refractivity contribution in [1.82, 2.24) is 10.9 Å². The molecule has 5 aromatic rings. The summed E-state index contributed by atoms with van der Waals surface area (Å²) in [4.78, 5) is 51.0. The number of carbonyl (C=O) groups is 4. The molecule has 230 valence electrons. The fourth-order valence-electron chi connectivity index (χ4n) is 4.09. The third kappa shape index (κ3) is 8.25. The van der Waals surface area contributed by atoms with Gasteiger partial charge in [0.25, 0.3) is 23.6 Å². The van der Waals surface area contributed by atoms with E-state index in [-0.39, 0.29) is 11.8 Å². The summed E-state index contributed by atoms with van der Waals surface area (Å²) in [6.07, 6.45) is 0. The van der Waals surface area contributed by atoms with Gasteiger partial charge in [0, 0.05) is 22.5 Å². The fourth-order valence-corrected chi connectivity index (χ4v) is 5.33. The zero-order valence-electron chi connectivity index (χ0n) is 24.7. The maximum atomic E-state index is 12.7. The highest BCUT2D eigenvalue weighted by molar-refractivity contribution is 7.12. The second kappa shape index (κ2) is 14.8. The second-order valence-corrected chi connectivity index (χ2v) is 11.8. The molecule has 12 heteroatoms. The summed E-state index contributed by atoms with van der Waals surface area (Å²) in [7, 11) is 0. The molecule has 0 fully saturated rings. The van der Waals surface area contributed by atoms with E-state index in [1.54, 1.807) is 74.5 Å². The lowest BCUT2D eigenvalue weighted by Gasteiger charge is -2.07. The Labute approximate surface area is 272 Å². The molecule has 5 rings (SSSR count). The van der Waals surface area contributed by atoms with Gasteiger partial charge >= 0.3 is 0 Å². The summed E-state index contributed by atoms with van der Waals surface area (Å²) < 4.78 is 0. The van der Waals surface area contributed by atoms with E-state index in [1.807, 2.05) is 22.9 Å². The molecule has 4 amide bonds. The summed E-state index contributed by atoms with van der Waals surface area (Å²) in [6.45, 7) is 3.52. The first-order valence-corrected chi connectivity index (χ1v) is 15.7. The minimum absolute atomic E-state index is 0.174. The highest BCUT2D eigenvalue weighted by Gasteiger charge is 2.11. The molecule has 3 aromatic carbocycles. The van der Waals surface area contributed by atoms with Crippen LogP contribution in [0.25, 0.3) is 0 Å². The summed E-state index contributed by atoms with van der Waals surface area (Å²) in [6, 6.07) is 27.5. The number of anilines is 2. The lowest BCUT2D eigenvalue weighted by molar-refractivity contribution is 0.0943. The molecule has 0 aliphatic carbocycles. The Balaban J connectivity index is 1.11. The van der Waals surface area contributed by atoms with E-state index in [0.29, 0.717) is 43.7 Å². The molecule has 0 spiro atoms. The largest absolute Gasteiger partial charge is 0.321 e. The van der Waals surface area contributed by atoms with Gasteiger partial charge in [0.2, 0.25) is 0 Å². The van der Waals surface area contributed by atoms with Crippen molar-refractivity contribution in [1.29, 1.82) is 0 Å². The Morgan fingerprint density at radius 1 is 0.478 bits per heavy atom. The van der Waals surface area contributed by atoms with Crippen LogP contribution in [0.2, 0.25) is 0 Å². The van der Waals surface area contributed by atoms with Gasteiger partial charge < -0.3 is 10.6 Å². The van der Waals surface area contributed by atoms with Crippen molar-refractivity contribution >= 4 is 69.1 Å². The molecule has 4 N–H and O–H groups in total. The zero-order chi connectivity index (χ0) is 32.5. The molecule has 0 aliphatic rings. The summed E-state index contributed by atoms with van der Waals surface area (Å²) in [5.74, 6) is -1.22. The third-order valence-corrected chi connectivity index (χ3v) is 8.41. The van der Waals surface area contributed by atoms with Crippen molar-refractivity contribution in [2.75, 3.05) is 10.6 Å². The smallest absolute Gasteiger partial charge is 0.271 e. The third-order valence-electron chi connectivity index (χ3n) is 6.67. The molecule has 10 nitrogen and oxygen atoms in total. The summed E-state index contributed by atoms with van der Waals surface area (Å²) in [5, 5.41) is 17.7. The van der Waals surface area contributed by atoms with E-state index in [0.717, 1.165) is 11.1 Å². The van der Waals surface area contributed by atoms with Crippen LogP contribution < -0.4 is 21.5 Å². The van der Waals surface area contributed by atoms with Gasteiger partial charge in [0.05, 0.1) is 21.2 Å². The van der Waals surface area contributed by atoms with Crippen molar-refractivity contribution in [2.24, 2.45) is 10.2 Å². The Morgan fingerprint density at radius 3 is 1.15 bits per heavy atom. The molecule has 46 heavy (non-hydrogen) atoms. The second-order valence-electron chi connectivity index (χ2n) is 9.87. The van der Waals surface area contributed by atoms with E-state index >= 15 is 0 Å². The van der Waals surface area contributed by atoms with Crippen molar-refractivity contribution in [3.63, 3.8) is 0 Å². The molecule has 2 aromatic heterocycles. The predicted octanol–water partition coefficient (Wildman–Crippen LogP) is 6.62. The van der Waals surface area contributed by atoms with E-state index in [9.17, 15) is 19.2 Å². The van der Waals surface area contributed by atoms with Crippen LogP contribution in [0.1, 0.15) is 65.0 Å². The Bertz CT molecular complexity index is 1760. The SMILES string of the molecule is CC(=NNC(=O)c1ccc(C(=O)NN=C(C)c2ccc(NC(=O)c3cccs3)cc2)cc1)c1ccc(NC(=O)c2cccs2)cc1. The van der Waals surface area contributed by atoms with E-state index in [2.05, 4.69) is 31.7 Å². The standard InChI is InChI=1S/C34H28N6O4S2/c1-21(23-11-15-27(16-12-23)35-33(43)29-5-3-19-45-29)37-39-31(41)25-7-9-26(10-8-25)32(42)40-38-22(2)24-13-17-28(18-14-24)36-34(44)30-6-4-20-46-30/h3-20H,1-2H3,(H,35,43)(H,36,44)(H,39,41)(H,40,42). The highest BCUT2D eigenvalue weighted by Crippen LogP contribution is 2.16. The number of carbonyl (C=O) groups excluding carboxylic acids is 4. The van der Waals surface area contributed by atoms with Crippen molar-refractivity contribution in [3.05, 3.63) is 140 Å². The maximum Gasteiger partial charge on any atom is 0.271 e. The minimum Gasteiger partial charge on any atom is -0.321 e. The zero-order valence-corrected chi connectivity index (χ0v) is 26.4. The van der Waals surface area contributed by atoms with Crippen molar-refractivity contribution < 1.29 is 19.2 Å². The first-order valence-electron chi connectivity index (χ1n) is 14.0. The number of hydrogen-bond donors (Lipinski definition) is 4. The van der Waals surface area contributed by atoms with Crippen LogP contribution in [0.3, 0.4) is 0 Å². The molecule has 0 atom stereocenters. The maximum absolute atomic E-state index is 12.7. The molecule has 0 saturated carbocycles. The van der Waals surface area contributed by atoms with Gasteiger partial charge in [0.1, 0.15) is 0 Å². The Kier molecular flexibility index (Phi) is 10.2. The Hall–Kier alpha value is -5.72. The van der Waals surface area contributed by atoms with E-state index in [4.69, 9.17) is 0 Å². The van der Waals surface area contributed by atoms with Crippen LogP contribution in [0, 0.1) is 0 Å². The number of nitrogens with one attached hydrogen (secondary N) is 4. The average Bonchev–Trinajstić information content (AvgIpc) is 3.82. The topological polar surface area (TPSA) is 141 Å². The Morgan fingerprint density at radius 2 is 0.826 bits per heavy atom. The van der Waals surface area contributed by atoms with E-state index < -0.39 is 11.8 Å². The normalized spacial score (nSPS) is 11.4. The molecule has 0 aliphatic heterocycles. The number of hydrazone groups is 2. The van der Waals surface area contributed by atoms with Crippen LogP contribution in [0.4, 0.5) is 11.4 Å². The summed E-state index contributed by atoms with van der Waals surface area (Å²) in [5.41, 5.74) is 9.69. The number of hydrogen-bond acceptors (Lipinski definition) is 8. The van der Waals surface area contributed by atoms with Gasteiger partial charge in [-0.2, -0.15) is 10.2 Å². The molecular formula is C34H28N6O4S2. The molecule has 0 unspecified atom stereocenters. The number of rotatable bonds is 10. The lowest BCUT2D eigenvalue weighted by atomic mass is 10.1. The van der Waals surface area contributed by atoms with Gasteiger partial charge in [-0.3, -0.25) is 19.2 Å². The van der Waals surface area contributed by atoms with Crippen molar-refractivity contribution in [2.45, 2.75) is 13.8 Å². The van der Waals surface area contributed by atoms with Crippen LogP contribution in [0.5, 0.6) is 0 Å². The number of amides is 4. The van der Waals surface area contributed by atoms with Crippen LogP contribution in [-0.4, -0.2) is 35.1 Å². The molecule has 0 radical (unpaired) electrons. The molecular weight excluding hydrogens is 621 g/mol. The number of thiophene rings is 2. The molecule has 0 saturated heterocycles. The summed E-state index contributed by atoms with van der Waals surface area (Å²) >= 11 is 2.73. The monoisotopic (exact) mass is 648 g/mol. The van der Waals surface area contributed by atoms with Gasteiger partial charge in [-0.15, -0.1) is 22.7 Å². The predicted molar refractivity (Wildman–Crippen MR) is 183 cm³/mol. The van der Waals surface area contributed by atoms with Crippen molar-refractivity contribution in [3.8, 4) is 0 Å². The molecule has 0 bridgehead atoms. The van der Waals surface area contributed by atoms with Crippen LogP contribution >= 0.6 is 22.7 Å². The first kappa shape index (κ1) is 31.7. The van der Waals surface area contributed by atoms with E-state index in [1.165, 1.54) is 46.9 Å². The van der Waals surface area contributed by atoms with Crippen LogP contribution in [0.15, 0.2) is 118 Å². The van der Waals surface area contributed by atoms with Gasteiger partial charge in [-0.25, -0.2) is 10.9 Å².